The summed E-state index contributed by atoms with van der Waals surface area (Å²) in [5, 5.41) is 0. The summed E-state index contributed by atoms with van der Waals surface area (Å²) in [6.07, 6.45) is 0.735. The Hall–Kier alpha value is -2.20. The Morgan fingerprint density at radius 2 is 1.62 bits per heavy atom. The number of hydrogen-bond donors (Lipinski definition) is 1. The SMILES string of the molecule is COc1c(CCN)ccc(OCc2ccccc2)c1OC. The van der Waals surface area contributed by atoms with E-state index in [0.717, 1.165) is 17.5 Å². The second kappa shape index (κ2) is 7.55. The number of benzene rings is 2. The van der Waals surface area contributed by atoms with Crippen LogP contribution in [0.2, 0.25) is 0 Å². The number of methoxy groups -OCH3 is 2. The van der Waals surface area contributed by atoms with Crippen LogP contribution in [0.3, 0.4) is 0 Å². The van der Waals surface area contributed by atoms with E-state index < -0.39 is 0 Å². The zero-order valence-electron chi connectivity index (χ0n) is 12.5. The summed E-state index contributed by atoms with van der Waals surface area (Å²) >= 11 is 0. The minimum Gasteiger partial charge on any atom is -0.492 e. The van der Waals surface area contributed by atoms with Crippen LogP contribution in [-0.4, -0.2) is 20.8 Å². The number of nitrogens with two attached hydrogens (primary N) is 1. The number of ether oxygens (including phenoxy) is 3. The van der Waals surface area contributed by atoms with Crippen molar-refractivity contribution in [1.82, 2.24) is 0 Å². The lowest BCUT2D eigenvalue weighted by molar-refractivity contribution is 0.274. The van der Waals surface area contributed by atoms with Gasteiger partial charge in [0.2, 0.25) is 5.75 Å². The average Bonchev–Trinajstić information content (AvgIpc) is 2.54. The minimum absolute atomic E-state index is 0.483. The van der Waals surface area contributed by atoms with Gasteiger partial charge in [-0.25, -0.2) is 0 Å². The topological polar surface area (TPSA) is 53.7 Å². The van der Waals surface area contributed by atoms with Crippen LogP contribution in [0.4, 0.5) is 0 Å². The van der Waals surface area contributed by atoms with Crippen molar-refractivity contribution in [2.45, 2.75) is 13.0 Å². The maximum atomic E-state index is 5.85. The van der Waals surface area contributed by atoms with E-state index in [1.165, 1.54) is 0 Å². The van der Waals surface area contributed by atoms with E-state index in [0.29, 0.717) is 30.4 Å². The van der Waals surface area contributed by atoms with Crippen molar-refractivity contribution in [3.8, 4) is 17.2 Å². The molecule has 0 amide bonds. The van der Waals surface area contributed by atoms with Gasteiger partial charge in [0.25, 0.3) is 0 Å². The normalized spacial score (nSPS) is 10.2. The van der Waals surface area contributed by atoms with Gasteiger partial charge in [0.1, 0.15) is 6.61 Å². The Kier molecular flexibility index (Phi) is 5.46. The van der Waals surface area contributed by atoms with Crippen molar-refractivity contribution in [2.75, 3.05) is 20.8 Å². The van der Waals surface area contributed by atoms with E-state index in [1.807, 2.05) is 42.5 Å². The van der Waals surface area contributed by atoms with Gasteiger partial charge in [0.15, 0.2) is 11.5 Å². The molecule has 0 fully saturated rings. The van der Waals surface area contributed by atoms with Gasteiger partial charge in [-0.15, -0.1) is 0 Å². The van der Waals surface area contributed by atoms with Crippen molar-refractivity contribution in [1.29, 1.82) is 0 Å². The molecule has 0 heterocycles. The molecule has 2 aromatic carbocycles. The quantitative estimate of drug-likeness (QED) is 0.851. The Balaban J connectivity index is 2.23. The summed E-state index contributed by atoms with van der Waals surface area (Å²) in [5.74, 6) is 1.96. The minimum atomic E-state index is 0.483. The monoisotopic (exact) mass is 287 g/mol. The van der Waals surface area contributed by atoms with Crippen molar-refractivity contribution >= 4 is 0 Å². The van der Waals surface area contributed by atoms with E-state index in [4.69, 9.17) is 19.9 Å². The van der Waals surface area contributed by atoms with Crippen molar-refractivity contribution < 1.29 is 14.2 Å². The zero-order valence-corrected chi connectivity index (χ0v) is 12.5. The molecule has 0 radical (unpaired) electrons. The molecule has 2 rings (SSSR count). The summed E-state index contributed by atoms with van der Waals surface area (Å²) in [4.78, 5) is 0. The van der Waals surface area contributed by atoms with E-state index in [2.05, 4.69) is 0 Å². The summed E-state index contributed by atoms with van der Waals surface area (Å²) in [5.41, 5.74) is 7.74. The van der Waals surface area contributed by atoms with Gasteiger partial charge >= 0.3 is 0 Å². The van der Waals surface area contributed by atoms with Crippen molar-refractivity contribution in [3.05, 3.63) is 53.6 Å². The van der Waals surface area contributed by atoms with Crippen LogP contribution in [0.15, 0.2) is 42.5 Å². The fraction of sp³-hybridized carbons (Fsp3) is 0.294. The Morgan fingerprint density at radius 3 is 2.24 bits per heavy atom. The van der Waals surface area contributed by atoms with E-state index >= 15 is 0 Å². The van der Waals surface area contributed by atoms with Crippen molar-refractivity contribution in [3.63, 3.8) is 0 Å². The molecule has 0 atom stereocenters. The predicted molar refractivity (Wildman–Crippen MR) is 83.1 cm³/mol. The van der Waals surface area contributed by atoms with Crippen LogP contribution in [0.25, 0.3) is 0 Å². The fourth-order valence-corrected chi connectivity index (χ4v) is 2.20. The molecule has 0 spiro atoms. The molecule has 2 aromatic rings. The van der Waals surface area contributed by atoms with Crippen LogP contribution in [0.1, 0.15) is 11.1 Å². The number of rotatable bonds is 7. The van der Waals surface area contributed by atoms with Gasteiger partial charge in [-0.2, -0.15) is 0 Å². The molecule has 0 saturated carbocycles. The summed E-state index contributed by atoms with van der Waals surface area (Å²) in [7, 11) is 3.23. The zero-order chi connectivity index (χ0) is 15.1. The third-order valence-electron chi connectivity index (χ3n) is 3.22. The number of hydrogen-bond acceptors (Lipinski definition) is 4. The largest absolute Gasteiger partial charge is 0.492 e. The van der Waals surface area contributed by atoms with E-state index in [1.54, 1.807) is 14.2 Å². The molecule has 0 unspecified atom stereocenters. The molecule has 112 valence electrons. The lowest BCUT2D eigenvalue weighted by Crippen LogP contribution is -2.06. The highest BCUT2D eigenvalue weighted by Crippen LogP contribution is 2.40. The Labute approximate surface area is 125 Å². The first-order chi connectivity index (χ1) is 10.3. The Bertz CT molecular complexity index is 570. The first kappa shape index (κ1) is 15.2. The highest BCUT2D eigenvalue weighted by Gasteiger charge is 2.15. The van der Waals surface area contributed by atoms with Gasteiger partial charge in [-0.1, -0.05) is 36.4 Å². The Morgan fingerprint density at radius 1 is 0.905 bits per heavy atom. The summed E-state index contributed by atoms with van der Waals surface area (Å²) < 4.78 is 16.8. The molecular formula is C17H21NO3. The van der Waals surface area contributed by atoms with E-state index in [-0.39, 0.29) is 0 Å². The van der Waals surface area contributed by atoms with E-state index in [9.17, 15) is 0 Å². The van der Waals surface area contributed by atoms with Gasteiger partial charge in [-0.3, -0.25) is 0 Å². The highest BCUT2D eigenvalue weighted by atomic mass is 16.5. The van der Waals surface area contributed by atoms with Gasteiger partial charge < -0.3 is 19.9 Å². The van der Waals surface area contributed by atoms with Crippen LogP contribution in [-0.2, 0) is 13.0 Å². The highest BCUT2D eigenvalue weighted by molar-refractivity contribution is 5.56. The second-order valence-electron chi connectivity index (χ2n) is 4.60. The van der Waals surface area contributed by atoms with Gasteiger partial charge in [0.05, 0.1) is 14.2 Å². The first-order valence-electron chi connectivity index (χ1n) is 6.90. The third kappa shape index (κ3) is 3.67. The third-order valence-corrected chi connectivity index (χ3v) is 3.22. The average molecular weight is 287 g/mol. The molecule has 0 aliphatic heterocycles. The molecule has 0 aliphatic rings. The molecular weight excluding hydrogens is 266 g/mol. The maximum Gasteiger partial charge on any atom is 0.203 e. The lowest BCUT2D eigenvalue weighted by Gasteiger charge is -2.16. The summed E-state index contributed by atoms with van der Waals surface area (Å²) in [6, 6.07) is 13.9. The fourth-order valence-electron chi connectivity index (χ4n) is 2.20. The molecule has 0 saturated heterocycles. The molecule has 4 heteroatoms. The second-order valence-corrected chi connectivity index (χ2v) is 4.60. The predicted octanol–water partition coefficient (Wildman–Crippen LogP) is 2.78. The van der Waals surface area contributed by atoms with Crippen LogP contribution in [0.5, 0.6) is 17.2 Å². The first-order valence-corrected chi connectivity index (χ1v) is 6.90. The molecule has 0 aliphatic carbocycles. The van der Waals surface area contributed by atoms with Gasteiger partial charge in [-0.05, 0) is 30.2 Å². The lowest BCUT2D eigenvalue weighted by atomic mass is 10.1. The standard InChI is InChI=1S/C17H21NO3/c1-19-16-14(10-11-18)8-9-15(17(16)20-2)21-12-13-6-4-3-5-7-13/h3-9H,10-12,18H2,1-2H3. The molecule has 0 bridgehead atoms. The van der Waals surface area contributed by atoms with Crippen LogP contribution < -0.4 is 19.9 Å². The van der Waals surface area contributed by atoms with Crippen LogP contribution >= 0.6 is 0 Å². The van der Waals surface area contributed by atoms with Crippen LogP contribution in [0, 0.1) is 0 Å². The van der Waals surface area contributed by atoms with Gasteiger partial charge in [0, 0.05) is 0 Å². The summed E-state index contributed by atoms with van der Waals surface area (Å²) in [6.45, 7) is 1.04. The molecule has 2 N–H and O–H groups in total. The smallest absolute Gasteiger partial charge is 0.203 e. The molecule has 21 heavy (non-hydrogen) atoms. The maximum absolute atomic E-state index is 5.85. The molecule has 0 aromatic heterocycles. The van der Waals surface area contributed by atoms with Crippen molar-refractivity contribution in [2.24, 2.45) is 5.73 Å². The molecule has 4 nitrogen and oxygen atoms in total.